The summed E-state index contributed by atoms with van der Waals surface area (Å²) in [5.74, 6) is -0.366. The van der Waals surface area contributed by atoms with E-state index in [2.05, 4.69) is 0 Å². The van der Waals surface area contributed by atoms with Crippen LogP contribution in [0.15, 0.2) is 12.1 Å². The molecule has 6 nitrogen and oxygen atoms in total. The van der Waals surface area contributed by atoms with Crippen LogP contribution < -0.4 is 0 Å². The van der Waals surface area contributed by atoms with Gasteiger partial charge in [0.1, 0.15) is 12.4 Å². The van der Waals surface area contributed by atoms with Crippen molar-refractivity contribution in [2.45, 2.75) is 18.4 Å². The second kappa shape index (κ2) is 6.91. The molecule has 0 bridgehead atoms. The van der Waals surface area contributed by atoms with Gasteiger partial charge in [-0.3, -0.25) is 9.59 Å². The fraction of sp³-hybridized carbons (Fsp3) is 0.467. The number of phenolic OH excluding ortho intramolecular Hbond substituents is 1. The molecule has 0 aliphatic carbocycles. The summed E-state index contributed by atoms with van der Waals surface area (Å²) < 4.78 is 1.84. The first-order chi connectivity index (χ1) is 11.4. The SMILES string of the molecule is O=C(CO)N1CCC(=O)N2C[C@@H](c3c(O)ccc(Cl)c3Cl)C[Si]2C1. The molecule has 2 fully saturated rings. The molecular formula is C15H17Cl2N2O4Si. The summed E-state index contributed by atoms with van der Waals surface area (Å²) in [6.07, 6.45) is 0.729. The van der Waals surface area contributed by atoms with Crippen LogP contribution in [0, 0.1) is 0 Å². The number of hydrogen-bond acceptors (Lipinski definition) is 4. The number of aliphatic hydroxyl groups excluding tert-OH is 1. The number of aliphatic hydroxyl groups is 1. The molecule has 9 heteroatoms. The molecule has 3 rings (SSSR count). The highest BCUT2D eigenvalue weighted by molar-refractivity contribution is 6.60. The first kappa shape index (κ1) is 17.5. The lowest BCUT2D eigenvalue weighted by Crippen LogP contribution is -2.45. The normalized spacial score (nSPS) is 21.8. The molecule has 0 unspecified atom stereocenters. The van der Waals surface area contributed by atoms with Crippen molar-refractivity contribution in [1.29, 1.82) is 0 Å². The first-order valence-electron chi connectivity index (χ1n) is 7.63. The molecule has 24 heavy (non-hydrogen) atoms. The van der Waals surface area contributed by atoms with Crippen molar-refractivity contribution in [3.63, 3.8) is 0 Å². The number of hydrogen-bond donors (Lipinski definition) is 2. The van der Waals surface area contributed by atoms with Gasteiger partial charge in [-0.1, -0.05) is 23.2 Å². The number of fused-ring (bicyclic) bond motifs is 1. The molecule has 0 saturated carbocycles. The molecule has 2 aliphatic heterocycles. The van der Waals surface area contributed by atoms with Crippen LogP contribution in [-0.4, -0.2) is 66.3 Å². The van der Waals surface area contributed by atoms with Gasteiger partial charge < -0.3 is 19.7 Å². The minimum Gasteiger partial charge on any atom is -0.508 e. The van der Waals surface area contributed by atoms with Crippen molar-refractivity contribution >= 4 is 44.0 Å². The fourth-order valence-corrected chi connectivity index (χ4v) is 6.97. The second-order valence-electron chi connectivity index (χ2n) is 5.99. The Hall–Kier alpha value is -1.28. The monoisotopic (exact) mass is 387 g/mol. The Balaban J connectivity index is 1.87. The lowest BCUT2D eigenvalue weighted by molar-refractivity contribution is -0.133. The minimum atomic E-state index is -1.32. The zero-order valence-corrected chi connectivity index (χ0v) is 15.3. The quantitative estimate of drug-likeness (QED) is 0.751. The van der Waals surface area contributed by atoms with Gasteiger partial charge in [-0.2, -0.15) is 0 Å². The van der Waals surface area contributed by atoms with E-state index in [0.717, 1.165) is 0 Å². The molecule has 1 aromatic rings. The number of halogens is 2. The molecule has 1 atom stereocenters. The number of amides is 2. The summed E-state index contributed by atoms with van der Waals surface area (Å²) in [7, 11) is -1.32. The Morgan fingerprint density at radius 2 is 2.12 bits per heavy atom. The van der Waals surface area contributed by atoms with Gasteiger partial charge in [0.15, 0.2) is 8.96 Å². The van der Waals surface area contributed by atoms with Gasteiger partial charge in [0.25, 0.3) is 0 Å². The number of rotatable bonds is 2. The van der Waals surface area contributed by atoms with Crippen molar-refractivity contribution in [3.05, 3.63) is 27.7 Å². The molecule has 1 aromatic carbocycles. The summed E-state index contributed by atoms with van der Waals surface area (Å²) in [4.78, 5) is 25.8. The topological polar surface area (TPSA) is 81.1 Å². The van der Waals surface area contributed by atoms with Crippen molar-refractivity contribution in [2.75, 3.05) is 25.9 Å². The predicted octanol–water partition coefficient (Wildman–Crippen LogP) is 1.38. The Labute approximate surface area is 151 Å². The number of nitrogens with zero attached hydrogens (tertiary/aromatic N) is 2. The molecule has 2 aliphatic rings. The lowest BCUT2D eigenvalue weighted by atomic mass is 9.99. The van der Waals surface area contributed by atoms with Crippen molar-refractivity contribution in [1.82, 2.24) is 9.47 Å². The third-order valence-corrected chi connectivity index (χ3v) is 8.27. The van der Waals surface area contributed by atoms with E-state index in [9.17, 15) is 14.7 Å². The van der Waals surface area contributed by atoms with Crippen LogP contribution in [0.4, 0.5) is 0 Å². The Kier molecular flexibility index (Phi) is 5.05. The molecule has 1 radical (unpaired) electrons. The highest BCUT2D eigenvalue weighted by Gasteiger charge is 2.42. The van der Waals surface area contributed by atoms with Crippen LogP contribution >= 0.6 is 23.2 Å². The van der Waals surface area contributed by atoms with Crippen LogP contribution in [-0.2, 0) is 9.59 Å². The number of carbonyl (C=O) groups excluding carboxylic acids is 2. The van der Waals surface area contributed by atoms with Crippen LogP contribution in [0.2, 0.25) is 16.1 Å². The van der Waals surface area contributed by atoms with Crippen molar-refractivity contribution < 1.29 is 19.8 Å². The maximum atomic E-state index is 12.4. The molecule has 2 heterocycles. The van der Waals surface area contributed by atoms with Gasteiger partial charge in [0, 0.05) is 37.2 Å². The highest BCUT2D eigenvalue weighted by Crippen LogP contribution is 2.43. The Bertz CT molecular complexity index is 688. The number of benzene rings is 1. The molecule has 2 amide bonds. The average molecular weight is 388 g/mol. The van der Waals surface area contributed by atoms with Crippen LogP contribution in [0.5, 0.6) is 5.75 Å². The summed E-state index contributed by atoms with van der Waals surface area (Å²) in [6, 6.07) is 3.73. The van der Waals surface area contributed by atoms with E-state index in [1.54, 1.807) is 4.90 Å². The average Bonchev–Trinajstić information content (AvgIpc) is 2.91. The minimum absolute atomic E-state index is 0.0114. The molecule has 2 saturated heterocycles. The number of carbonyl (C=O) groups is 2. The predicted molar refractivity (Wildman–Crippen MR) is 91.4 cm³/mol. The van der Waals surface area contributed by atoms with E-state index in [1.165, 1.54) is 12.1 Å². The second-order valence-corrected chi connectivity index (χ2v) is 9.17. The molecule has 2 N–H and O–H groups in total. The van der Waals surface area contributed by atoms with Crippen molar-refractivity contribution in [3.8, 4) is 5.75 Å². The fourth-order valence-electron chi connectivity index (χ4n) is 3.35. The summed E-state index contributed by atoms with van der Waals surface area (Å²) in [6.45, 7) is 0.270. The smallest absolute Gasteiger partial charge is 0.248 e. The zero-order valence-electron chi connectivity index (χ0n) is 12.8. The van der Waals surface area contributed by atoms with E-state index in [0.29, 0.717) is 40.9 Å². The van der Waals surface area contributed by atoms with Crippen LogP contribution in [0.1, 0.15) is 17.9 Å². The van der Waals surface area contributed by atoms with E-state index < -0.39 is 15.6 Å². The largest absolute Gasteiger partial charge is 0.508 e. The number of phenols is 1. The molecule has 0 aromatic heterocycles. The van der Waals surface area contributed by atoms with E-state index in [-0.39, 0.29) is 29.9 Å². The molecular weight excluding hydrogens is 371 g/mol. The van der Waals surface area contributed by atoms with E-state index >= 15 is 0 Å². The van der Waals surface area contributed by atoms with Crippen LogP contribution in [0.25, 0.3) is 0 Å². The van der Waals surface area contributed by atoms with Gasteiger partial charge in [-0.05, 0) is 18.2 Å². The number of aromatic hydroxyl groups is 1. The maximum absolute atomic E-state index is 12.4. The standard InChI is InChI=1S/C15H17Cl2N2O4Si/c16-10-1-2-11(21)14(15(10)17)9-5-19-12(22)3-4-18(13(23)6-20)8-24(19)7-9/h1-2,9,20-21H,3-8H2/t9-/m1/s1. The Morgan fingerprint density at radius 3 is 2.83 bits per heavy atom. The van der Waals surface area contributed by atoms with Gasteiger partial charge in [0.2, 0.25) is 11.8 Å². The molecule has 0 spiro atoms. The van der Waals surface area contributed by atoms with E-state index in [1.807, 2.05) is 4.57 Å². The van der Waals surface area contributed by atoms with Gasteiger partial charge in [-0.25, -0.2) is 0 Å². The third-order valence-electron chi connectivity index (χ3n) is 4.54. The summed E-state index contributed by atoms with van der Waals surface area (Å²) in [5, 5.41) is 19.9. The Morgan fingerprint density at radius 1 is 1.38 bits per heavy atom. The van der Waals surface area contributed by atoms with Gasteiger partial charge in [-0.15, -0.1) is 0 Å². The maximum Gasteiger partial charge on any atom is 0.248 e. The summed E-state index contributed by atoms with van der Waals surface area (Å²) in [5.41, 5.74) is 0.572. The van der Waals surface area contributed by atoms with Gasteiger partial charge >= 0.3 is 0 Å². The van der Waals surface area contributed by atoms with Gasteiger partial charge in [0.05, 0.1) is 10.0 Å². The highest BCUT2D eigenvalue weighted by atomic mass is 35.5. The first-order valence-corrected chi connectivity index (χ1v) is 10.2. The van der Waals surface area contributed by atoms with E-state index in [4.69, 9.17) is 28.3 Å². The van der Waals surface area contributed by atoms with Crippen molar-refractivity contribution in [2.24, 2.45) is 0 Å². The molecule has 129 valence electrons. The third kappa shape index (κ3) is 3.13. The summed E-state index contributed by atoms with van der Waals surface area (Å²) >= 11 is 12.3. The lowest BCUT2D eigenvalue weighted by Gasteiger charge is -2.23. The van der Waals surface area contributed by atoms with Crippen LogP contribution in [0.3, 0.4) is 0 Å². The zero-order chi connectivity index (χ0) is 17.4.